The number of aryl methyl sites for hydroxylation is 1. The highest BCUT2D eigenvalue weighted by Crippen LogP contribution is 2.12. The van der Waals surface area contributed by atoms with Crippen LogP contribution in [0.3, 0.4) is 0 Å². The second-order valence-electron chi connectivity index (χ2n) is 5.21. The van der Waals surface area contributed by atoms with Crippen LogP contribution in [0.15, 0.2) is 53.7 Å². The smallest absolute Gasteiger partial charge is 0.191 e. The molecule has 0 spiro atoms. The van der Waals surface area contributed by atoms with Crippen molar-refractivity contribution in [3.8, 4) is 0 Å². The molecule has 2 rings (SSSR count). The number of rotatable bonds is 7. The summed E-state index contributed by atoms with van der Waals surface area (Å²) in [5.74, 6) is 2.90. The SMILES string of the molecule is CN=C(NCCSCc1ccc(C)cc1)NCc1ccccn1. The Bertz CT molecular complexity index is 596. The second kappa shape index (κ2) is 9.90. The van der Waals surface area contributed by atoms with E-state index in [1.54, 1.807) is 13.2 Å². The van der Waals surface area contributed by atoms with Crippen LogP contribution >= 0.6 is 11.8 Å². The van der Waals surface area contributed by atoms with E-state index in [9.17, 15) is 0 Å². The lowest BCUT2D eigenvalue weighted by Crippen LogP contribution is -2.38. The molecule has 0 saturated heterocycles. The van der Waals surface area contributed by atoms with Crippen LogP contribution in [0.1, 0.15) is 16.8 Å². The van der Waals surface area contributed by atoms with E-state index < -0.39 is 0 Å². The first kappa shape index (κ1) is 17.3. The van der Waals surface area contributed by atoms with E-state index >= 15 is 0 Å². The first-order valence-corrected chi connectivity index (χ1v) is 8.91. The maximum absolute atomic E-state index is 4.29. The Balaban J connectivity index is 1.61. The molecular weight excluding hydrogens is 304 g/mol. The Morgan fingerprint density at radius 2 is 1.96 bits per heavy atom. The number of aliphatic imine (C=N–C) groups is 1. The molecule has 0 radical (unpaired) electrons. The minimum absolute atomic E-state index is 0.678. The number of benzene rings is 1. The van der Waals surface area contributed by atoms with Crippen LogP contribution in [0.5, 0.6) is 0 Å². The minimum Gasteiger partial charge on any atom is -0.356 e. The maximum Gasteiger partial charge on any atom is 0.191 e. The normalized spacial score (nSPS) is 11.3. The quantitative estimate of drug-likeness (QED) is 0.466. The van der Waals surface area contributed by atoms with Gasteiger partial charge in [-0.1, -0.05) is 35.9 Å². The highest BCUT2D eigenvalue weighted by Gasteiger charge is 1.99. The fourth-order valence-corrected chi connectivity index (χ4v) is 2.83. The van der Waals surface area contributed by atoms with Gasteiger partial charge in [-0.25, -0.2) is 0 Å². The van der Waals surface area contributed by atoms with Gasteiger partial charge in [-0.15, -0.1) is 0 Å². The van der Waals surface area contributed by atoms with E-state index in [1.165, 1.54) is 11.1 Å². The highest BCUT2D eigenvalue weighted by molar-refractivity contribution is 7.98. The number of nitrogens with one attached hydrogen (secondary N) is 2. The third-order valence-corrected chi connectivity index (χ3v) is 4.35. The topological polar surface area (TPSA) is 49.3 Å². The number of hydrogen-bond acceptors (Lipinski definition) is 3. The molecular formula is C18H24N4S. The van der Waals surface area contributed by atoms with E-state index in [-0.39, 0.29) is 0 Å². The van der Waals surface area contributed by atoms with Crippen molar-refractivity contribution in [2.45, 2.75) is 19.2 Å². The highest BCUT2D eigenvalue weighted by atomic mass is 32.2. The Kier molecular flexibility index (Phi) is 7.46. The molecule has 1 aromatic carbocycles. The van der Waals surface area contributed by atoms with Gasteiger partial charge in [-0.3, -0.25) is 9.98 Å². The van der Waals surface area contributed by atoms with Crippen LogP contribution in [0.2, 0.25) is 0 Å². The molecule has 122 valence electrons. The maximum atomic E-state index is 4.29. The first-order chi connectivity index (χ1) is 11.3. The minimum atomic E-state index is 0.678. The standard InChI is InChI=1S/C18H24N4S/c1-15-6-8-16(9-7-15)14-23-12-11-21-18(19-2)22-13-17-5-3-4-10-20-17/h3-10H,11-14H2,1-2H3,(H2,19,21,22). The zero-order chi connectivity index (χ0) is 16.3. The molecule has 0 aliphatic heterocycles. The summed E-state index contributed by atoms with van der Waals surface area (Å²) in [5, 5.41) is 6.59. The number of hydrogen-bond donors (Lipinski definition) is 2. The lowest BCUT2D eigenvalue weighted by atomic mass is 10.2. The monoisotopic (exact) mass is 328 g/mol. The summed E-state index contributed by atoms with van der Waals surface area (Å²) in [6.45, 7) is 3.68. The number of pyridine rings is 1. The van der Waals surface area contributed by atoms with Crippen molar-refractivity contribution in [3.63, 3.8) is 0 Å². The Morgan fingerprint density at radius 3 is 2.65 bits per heavy atom. The molecule has 0 atom stereocenters. The first-order valence-electron chi connectivity index (χ1n) is 7.75. The molecule has 0 unspecified atom stereocenters. The van der Waals surface area contributed by atoms with Gasteiger partial charge >= 0.3 is 0 Å². The second-order valence-corrected chi connectivity index (χ2v) is 6.32. The molecule has 1 aromatic heterocycles. The molecule has 4 nitrogen and oxygen atoms in total. The Hall–Kier alpha value is -2.01. The number of guanidine groups is 1. The fourth-order valence-electron chi connectivity index (χ4n) is 2.01. The van der Waals surface area contributed by atoms with Gasteiger partial charge in [0.25, 0.3) is 0 Å². The van der Waals surface area contributed by atoms with Crippen LogP contribution in [0, 0.1) is 6.92 Å². The molecule has 5 heteroatoms. The van der Waals surface area contributed by atoms with E-state index in [2.05, 4.69) is 51.8 Å². The molecule has 2 aromatic rings. The largest absolute Gasteiger partial charge is 0.356 e. The summed E-state index contributed by atoms with van der Waals surface area (Å²) in [4.78, 5) is 8.51. The van der Waals surface area contributed by atoms with Crippen molar-refractivity contribution < 1.29 is 0 Å². The zero-order valence-corrected chi connectivity index (χ0v) is 14.6. The van der Waals surface area contributed by atoms with Crippen molar-refractivity contribution in [3.05, 3.63) is 65.5 Å². The van der Waals surface area contributed by atoms with Gasteiger partial charge < -0.3 is 10.6 Å². The summed E-state index contributed by atoms with van der Waals surface area (Å²) < 4.78 is 0. The van der Waals surface area contributed by atoms with E-state index in [1.807, 2.05) is 30.0 Å². The molecule has 23 heavy (non-hydrogen) atoms. The van der Waals surface area contributed by atoms with Gasteiger partial charge in [0.05, 0.1) is 12.2 Å². The van der Waals surface area contributed by atoms with Crippen molar-refractivity contribution in [1.82, 2.24) is 15.6 Å². The molecule has 0 fully saturated rings. The van der Waals surface area contributed by atoms with Gasteiger partial charge in [0.15, 0.2) is 5.96 Å². The summed E-state index contributed by atoms with van der Waals surface area (Å²) in [5.41, 5.74) is 3.69. The Labute approximate surface area is 142 Å². The summed E-state index contributed by atoms with van der Waals surface area (Å²) in [7, 11) is 1.78. The predicted octanol–water partition coefficient (Wildman–Crippen LogP) is 2.99. The number of thioether (sulfide) groups is 1. The molecule has 0 aliphatic carbocycles. The lowest BCUT2D eigenvalue weighted by molar-refractivity contribution is 0.813. The van der Waals surface area contributed by atoms with E-state index in [4.69, 9.17) is 0 Å². The molecule has 2 N–H and O–H groups in total. The average Bonchev–Trinajstić information content (AvgIpc) is 2.60. The van der Waals surface area contributed by atoms with E-state index in [0.29, 0.717) is 6.54 Å². The third kappa shape index (κ3) is 6.74. The van der Waals surface area contributed by atoms with E-state index in [0.717, 1.165) is 29.7 Å². The van der Waals surface area contributed by atoms with Gasteiger partial charge in [0.2, 0.25) is 0 Å². The van der Waals surface area contributed by atoms with Crippen LogP contribution in [0.4, 0.5) is 0 Å². The number of aromatic nitrogens is 1. The van der Waals surface area contributed by atoms with Crippen molar-refractivity contribution in [2.24, 2.45) is 4.99 Å². The van der Waals surface area contributed by atoms with Crippen LogP contribution in [-0.2, 0) is 12.3 Å². The molecule has 0 aliphatic rings. The van der Waals surface area contributed by atoms with Gasteiger partial charge in [-0.05, 0) is 24.6 Å². The molecule has 0 bridgehead atoms. The number of nitrogens with zero attached hydrogens (tertiary/aromatic N) is 2. The summed E-state index contributed by atoms with van der Waals surface area (Å²) >= 11 is 1.92. The Morgan fingerprint density at radius 1 is 1.13 bits per heavy atom. The van der Waals surface area contributed by atoms with Crippen LogP contribution in [-0.4, -0.2) is 30.3 Å². The average molecular weight is 328 g/mol. The summed E-state index contributed by atoms with van der Waals surface area (Å²) in [6, 6.07) is 14.6. The zero-order valence-electron chi connectivity index (χ0n) is 13.7. The van der Waals surface area contributed by atoms with Gasteiger partial charge in [0, 0.05) is 31.3 Å². The van der Waals surface area contributed by atoms with Crippen LogP contribution in [0.25, 0.3) is 0 Å². The van der Waals surface area contributed by atoms with Crippen LogP contribution < -0.4 is 10.6 Å². The summed E-state index contributed by atoms with van der Waals surface area (Å²) in [6.07, 6.45) is 1.80. The predicted molar refractivity (Wildman–Crippen MR) is 99.8 cm³/mol. The van der Waals surface area contributed by atoms with Gasteiger partial charge in [0.1, 0.15) is 0 Å². The van der Waals surface area contributed by atoms with Crippen molar-refractivity contribution in [2.75, 3.05) is 19.3 Å². The van der Waals surface area contributed by atoms with Crippen molar-refractivity contribution in [1.29, 1.82) is 0 Å². The fraction of sp³-hybridized carbons (Fsp3) is 0.333. The molecule has 0 amide bonds. The third-order valence-electron chi connectivity index (χ3n) is 3.31. The van der Waals surface area contributed by atoms with Gasteiger partial charge in [-0.2, -0.15) is 11.8 Å². The molecule has 0 saturated carbocycles. The molecule has 1 heterocycles. The van der Waals surface area contributed by atoms with Crippen molar-refractivity contribution >= 4 is 17.7 Å². The lowest BCUT2D eigenvalue weighted by Gasteiger charge is -2.11.